The van der Waals surface area contributed by atoms with Gasteiger partial charge >= 0.3 is 0 Å². The zero-order valence-electron chi connectivity index (χ0n) is 15.5. The van der Waals surface area contributed by atoms with Crippen molar-refractivity contribution in [2.75, 3.05) is 5.32 Å². The van der Waals surface area contributed by atoms with Crippen LogP contribution in [-0.4, -0.2) is 21.4 Å². The molecular formula is C21H21FN4O. The van der Waals surface area contributed by atoms with Crippen molar-refractivity contribution >= 4 is 17.4 Å². The highest BCUT2D eigenvalue weighted by Gasteiger charge is 2.15. The van der Waals surface area contributed by atoms with Gasteiger partial charge in [-0.1, -0.05) is 12.1 Å². The summed E-state index contributed by atoms with van der Waals surface area (Å²) in [5.74, 6) is 0.144. The molecule has 6 heteroatoms. The predicted molar refractivity (Wildman–Crippen MR) is 104 cm³/mol. The molecule has 0 aliphatic rings. The van der Waals surface area contributed by atoms with Crippen molar-refractivity contribution in [3.8, 4) is 11.3 Å². The molecule has 27 heavy (non-hydrogen) atoms. The monoisotopic (exact) mass is 364 g/mol. The van der Waals surface area contributed by atoms with Crippen LogP contribution in [-0.2, 0) is 0 Å². The van der Waals surface area contributed by atoms with Gasteiger partial charge in [-0.05, 0) is 57.2 Å². The standard InChI is InChI=1S/C21H21FN4O/c1-21(2,3)26-20(27)14-7-9-17(10-8-14)25-19-12-18(23-13-24-19)15-5-4-6-16(22)11-15/h4-13H,1-3H3,(H,26,27)(H,23,24,25). The fourth-order valence-electron chi connectivity index (χ4n) is 2.50. The summed E-state index contributed by atoms with van der Waals surface area (Å²) in [6.07, 6.45) is 1.42. The first-order valence-corrected chi connectivity index (χ1v) is 8.58. The number of benzene rings is 2. The summed E-state index contributed by atoms with van der Waals surface area (Å²) in [5.41, 5.74) is 2.37. The number of nitrogens with one attached hydrogen (secondary N) is 2. The van der Waals surface area contributed by atoms with Crippen LogP contribution in [0.15, 0.2) is 60.9 Å². The van der Waals surface area contributed by atoms with Gasteiger partial charge in [0.2, 0.25) is 0 Å². The number of halogens is 1. The van der Waals surface area contributed by atoms with E-state index in [-0.39, 0.29) is 17.3 Å². The second kappa shape index (κ2) is 7.53. The summed E-state index contributed by atoms with van der Waals surface area (Å²) in [4.78, 5) is 20.6. The molecule has 0 spiro atoms. The molecule has 0 saturated heterocycles. The van der Waals surface area contributed by atoms with Crippen LogP contribution in [0.2, 0.25) is 0 Å². The first kappa shape index (κ1) is 18.5. The van der Waals surface area contributed by atoms with E-state index in [9.17, 15) is 9.18 Å². The third kappa shape index (κ3) is 5.10. The van der Waals surface area contributed by atoms with Crippen molar-refractivity contribution < 1.29 is 9.18 Å². The maximum Gasteiger partial charge on any atom is 0.251 e. The van der Waals surface area contributed by atoms with Crippen LogP contribution in [0.1, 0.15) is 31.1 Å². The molecule has 3 rings (SSSR count). The number of hydrogen-bond acceptors (Lipinski definition) is 4. The Hall–Kier alpha value is -3.28. The van der Waals surface area contributed by atoms with Crippen molar-refractivity contribution in [2.45, 2.75) is 26.3 Å². The summed E-state index contributed by atoms with van der Waals surface area (Å²) in [7, 11) is 0. The van der Waals surface area contributed by atoms with Gasteiger partial charge in [-0.2, -0.15) is 0 Å². The number of hydrogen-bond donors (Lipinski definition) is 2. The Morgan fingerprint density at radius 1 is 1.00 bits per heavy atom. The Morgan fingerprint density at radius 2 is 1.74 bits per heavy atom. The summed E-state index contributed by atoms with van der Waals surface area (Å²) < 4.78 is 13.4. The number of carbonyl (C=O) groups is 1. The first-order valence-electron chi connectivity index (χ1n) is 8.58. The maximum atomic E-state index is 13.4. The van der Waals surface area contributed by atoms with Crippen molar-refractivity contribution in [3.05, 3.63) is 72.3 Å². The molecule has 5 nitrogen and oxygen atoms in total. The lowest BCUT2D eigenvalue weighted by molar-refractivity contribution is 0.0919. The second-order valence-corrected chi connectivity index (χ2v) is 7.21. The second-order valence-electron chi connectivity index (χ2n) is 7.21. The van der Waals surface area contributed by atoms with E-state index in [4.69, 9.17) is 0 Å². The van der Waals surface area contributed by atoms with Crippen LogP contribution < -0.4 is 10.6 Å². The number of anilines is 2. The average molecular weight is 364 g/mol. The molecule has 1 aromatic heterocycles. The predicted octanol–water partition coefficient (Wildman–Crippen LogP) is 4.55. The molecule has 1 heterocycles. The summed E-state index contributed by atoms with van der Waals surface area (Å²) in [5, 5.41) is 6.09. The van der Waals surface area contributed by atoms with Crippen molar-refractivity contribution in [2.24, 2.45) is 0 Å². The molecule has 0 bridgehead atoms. The van der Waals surface area contributed by atoms with Gasteiger partial charge in [-0.15, -0.1) is 0 Å². The molecule has 0 fully saturated rings. The van der Waals surface area contributed by atoms with Crippen molar-refractivity contribution in [1.82, 2.24) is 15.3 Å². The van der Waals surface area contributed by atoms with E-state index in [0.717, 1.165) is 5.69 Å². The van der Waals surface area contributed by atoms with Gasteiger partial charge in [-0.3, -0.25) is 4.79 Å². The third-order valence-corrected chi connectivity index (χ3v) is 3.70. The minimum atomic E-state index is -0.315. The molecule has 3 aromatic rings. The molecule has 0 saturated carbocycles. The lowest BCUT2D eigenvalue weighted by Gasteiger charge is -2.20. The van der Waals surface area contributed by atoms with Gasteiger partial charge in [-0.25, -0.2) is 14.4 Å². The lowest BCUT2D eigenvalue weighted by Crippen LogP contribution is -2.40. The van der Waals surface area contributed by atoms with Crippen molar-refractivity contribution in [1.29, 1.82) is 0 Å². The van der Waals surface area contributed by atoms with E-state index < -0.39 is 0 Å². The lowest BCUT2D eigenvalue weighted by atomic mass is 10.1. The molecular weight excluding hydrogens is 343 g/mol. The van der Waals surface area contributed by atoms with E-state index in [0.29, 0.717) is 22.6 Å². The van der Waals surface area contributed by atoms with Crippen LogP contribution in [0, 0.1) is 5.82 Å². The van der Waals surface area contributed by atoms with Crippen molar-refractivity contribution in [3.63, 3.8) is 0 Å². The Bertz CT molecular complexity index is 949. The number of rotatable bonds is 4. The SMILES string of the molecule is CC(C)(C)NC(=O)c1ccc(Nc2cc(-c3cccc(F)c3)ncn2)cc1. The summed E-state index contributed by atoms with van der Waals surface area (Å²) in [6, 6.07) is 15.1. The Balaban J connectivity index is 1.74. The topological polar surface area (TPSA) is 66.9 Å². The number of nitrogens with zero attached hydrogens (tertiary/aromatic N) is 2. The summed E-state index contributed by atoms with van der Waals surface area (Å²) in [6.45, 7) is 5.81. The van der Waals surface area contributed by atoms with Crippen LogP contribution in [0.25, 0.3) is 11.3 Å². The van der Waals surface area contributed by atoms with Crippen LogP contribution in [0.4, 0.5) is 15.9 Å². The molecule has 1 amide bonds. The van der Waals surface area contributed by atoms with E-state index in [1.807, 2.05) is 32.9 Å². The van der Waals surface area contributed by atoms with Crippen LogP contribution in [0.3, 0.4) is 0 Å². The largest absolute Gasteiger partial charge is 0.347 e. The highest BCUT2D eigenvalue weighted by Crippen LogP contribution is 2.22. The van der Waals surface area contributed by atoms with Gasteiger partial charge in [0.05, 0.1) is 5.69 Å². The van der Waals surface area contributed by atoms with Crippen LogP contribution >= 0.6 is 0 Å². The molecule has 0 unspecified atom stereocenters. The molecule has 0 aliphatic carbocycles. The minimum Gasteiger partial charge on any atom is -0.347 e. The van der Waals surface area contributed by atoms with Gasteiger partial charge in [0.15, 0.2) is 0 Å². The number of carbonyl (C=O) groups excluding carboxylic acids is 1. The van der Waals surface area contributed by atoms with E-state index in [1.165, 1.54) is 18.5 Å². The normalized spacial score (nSPS) is 11.1. The van der Waals surface area contributed by atoms with E-state index in [2.05, 4.69) is 20.6 Å². The fraction of sp³-hybridized carbons (Fsp3) is 0.190. The molecule has 0 radical (unpaired) electrons. The molecule has 0 atom stereocenters. The molecule has 2 N–H and O–H groups in total. The minimum absolute atomic E-state index is 0.121. The van der Waals surface area contributed by atoms with E-state index in [1.54, 1.807) is 30.3 Å². The Labute approximate surface area is 157 Å². The van der Waals surface area contributed by atoms with Gasteiger partial charge in [0.25, 0.3) is 5.91 Å². The zero-order chi connectivity index (χ0) is 19.4. The summed E-state index contributed by atoms with van der Waals surface area (Å²) >= 11 is 0. The molecule has 2 aromatic carbocycles. The Morgan fingerprint density at radius 3 is 2.41 bits per heavy atom. The number of aromatic nitrogens is 2. The molecule has 138 valence electrons. The van der Waals surface area contributed by atoms with Gasteiger partial charge in [0, 0.05) is 28.4 Å². The van der Waals surface area contributed by atoms with Crippen LogP contribution in [0.5, 0.6) is 0 Å². The number of amides is 1. The highest BCUT2D eigenvalue weighted by molar-refractivity contribution is 5.95. The van der Waals surface area contributed by atoms with E-state index >= 15 is 0 Å². The zero-order valence-corrected chi connectivity index (χ0v) is 15.5. The molecule has 0 aliphatic heterocycles. The van der Waals surface area contributed by atoms with Gasteiger partial charge in [0.1, 0.15) is 18.0 Å². The third-order valence-electron chi connectivity index (χ3n) is 3.70. The highest BCUT2D eigenvalue weighted by atomic mass is 19.1. The van der Waals surface area contributed by atoms with Gasteiger partial charge < -0.3 is 10.6 Å². The quantitative estimate of drug-likeness (QED) is 0.712. The Kier molecular flexibility index (Phi) is 5.16. The fourth-order valence-corrected chi connectivity index (χ4v) is 2.50. The maximum absolute atomic E-state index is 13.4. The average Bonchev–Trinajstić information content (AvgIpc) is 2.61. The first-order chi connectivity index (χ1) is 12.8. The smallest absolute Gasteiger partial charge is 0.251 e.